The van der Waals surface area contributed by atoms with Crippen molar-refractivity contribution in [3.8, 4) is 5.75 Å². The molecule has 2 saturated carbocycles. The van der Waals surface area contributed by atoms with Crippen molar-refractivity contribution >= 4 is 5.97 Å². The Bertz CT molecular complexity index is 832. The molecule has 0 amide bonds. The summed E-state index contributed by atoms with van der Waals surface area (Å²) in [5.74, 6) is 2.24. The van der Waals surface area contributed by atoms with Crippen molar-refractivity contribution in [3.05, 3.63) is 47.3 Å². The highest BCUT2D eigenvalue weighted by Crippen LogP contribution is 2.60. The number of hydrogen-bond donors (Lipinski definition) is 0. The Balaban J connectivity index is 1.30. The van der Waals surface area contributed by atoms with Crippen molar-refractivity contribution in [3.63, 3.8) is 0 Å². The molecular weight excluding hydrogens is 354 g/mol. The minimum Gasteiger partial charge on any atom is -0.490 e. The van der Waals surface area contributed by atoms with Gasteiger partial charge in [0.15, 0.2) is 0 Å². The minimum atomic E-state index is -2.82. The van der Waals surface area contributed by atoms with Crippen LogP contribution in [0.1, 0.15) is 53.2 Å². The lowest BCUT2D eigenvalue weighted by molar-refractivity contribution is 0.0439. The number of hydrogen-bond acceptors (Lipinski definition) is 4. The van der Waals surface area contributed by atoms with Gasteiger partial charge in [0.1, 0.15) is 30.2 Å². The number of rotatable bonds is 8. The number of para-hydroxylation sites is 1. The monoisotopic (exact) mass is 376 g/mol. The van der Waals surface area contributed by atoms with E-state index in [9.17, 15) is 13.6 Å². The van der Waals surface area contributed by atoms with Crippen LogP contribution >= 0.6 is 0 Å². The van der Waals surface area contributed by atoms with Crippen molar-refractivity contribution in [2.45, 2.75) is 31.6 Å². The predicted octanol–water partition coefficient (Wildman–Crippen LogP) is 4.11. The lowest BCUT2D eigenvalue weighted by Gasteiger charge is -2.12. The van der Waals surface area contributed by atoms with E-state index in [0.29, 0.717) is 5.92 Å². The summed E-state index contributed by atoms with van der Waals surface area (Å²) in [6.45, 7) is 0.162. The number of nitrogens with zero attached hydrogens (tertiary/aromatic N) is 2. The smallest absolute Gasteiger partial charge is 0.341 e. The van der Waals surface area contributed by atoms with Crippen molar-refractivity contribution in [1.82, 2.24) is 9.78 Å². The summed E-state index contributed by atoms with van der Waals surface area (Å²) in [6.07, 6.45) is 2.32. The third-order valence-electron chi connectivity index (χ3n) is 5.24. The lowest BCUT2D eigenvalue weighted by Crippen LogP contribution is -2.14. The van der Waals surface area contributed by atoms with Gasteiger partial charge >= 0.3 is 5.97 Å². The summed E-state index contributed by atoms with van der Waals surface area (Å²) in [4.78, 5) is 12.0. The Morgan fingerprint density at radius 3 is 2.81 bits per heavy atom. The highest BCUT2D eigenvalue weighted by atomic mass is 19.3. The number of benzene rings is 1. The molecule has 0 saturated heterocycles. The maximum atomic E-state index is 12.9. The van der Waals surface area contributed by atoms with Crippen LogP contribution < -0.4 is 4.74 Å². The molecule has 27 heavy (non-hydrogen) atoms. The summed E-state index contributed by atoms with van der Waals surface area (Å²) in [5.41, 5.74) is 0.444. The fourth-order valence-corrected chi connectivity index (χ4v) is 3.72. The van der Waals surface area contributed by atoms with E-state index < -0.39 is 18.1 Å². The molecule has 2 aliphatic rings. The molecule has 1 heterocycles. The van der Waals surface area contributed by atoms with Crippen molar-refractivity contribution in [2.24, 2.45) is 18.9 Å². The third-order valence-corrected chi connectivity index (χ3v) is 5.24. The van der Waals surface area contributed by atoms with Crippen LogP contribution in [0.2, 0.25) is 0 Å². The second-order valence-corrected chi connectivity index (χ2v) is 7.27. The number of carbonyl (C=O) groups excluding carboxylic acids is 1. The van der Waals surface area contributed by atoms with Gasteiger partial charge in [-0.1, -0.05) is 18.2 Å². The molecule has 1 aromatic heterocycles. The Kier molecular flexibility index (Phi) is 4.85. The normalized spacial score (nSPS) is 21.3. The summed E-state index contributed by atoms with van der Waals surface area (Å²) >= 11 is 0. The standard InChI is InChI=1S/C20H22F2N2O3/c1-24-11-16(18(23-24)19(21)22)20(25)27-9-8-26-17-5-3-2-4-13(17)15-10-14(15)12-6-7-12/h2-5,11-12,14-15,19H,6-10H2,1H3. The van der Waals surface area contributed by atoms with Gasteiger partial charge in [-0.05, 0) is 48.6 Å². The molecule has 0 N–H and O–H groups in total. The van der Waals surface area contributed by atoms with Crippen LogP contribution in [0.4, 0.5) is 8.78 Å². The number of aryl methyl sites for hydroxylation is 1. The first-order valence-electron chi connectivity index (χ1n) is 9.25. The number of alkyl halides is 2. The Morgan fingerprint density at radius 1 is 1.30 bits per heavy atom. The van der Waals surface area contributed by atoms with Gasteiger partial charge in [-0.25, -0.2) is 13.6 Å². The van der Waals surface area contributed by atoms with Crippen molar-refractivity contribution in [2.75, 3.05) is 13.2 Å². The number of aromatic nitrogens is 2. The third kappa shape index (κ3) is 3.96. The van der Waals surface area contributed by atoms with Gasteiger partial charge in [0.2, 0.25) is 0 Å². The zero-order chi connectivity index (χ0) is 19.0. The Hall–Kier alpha value is -2.44. The Labute approximate surface area is 156 Å². The predicted molar refractivity (Wildman–Crippen MR) is 94.0 cm³/mol. The average Bonchev–Trinajstić information content (AvgIpc) is 3.55. The van der Waals surface area contributed by atoms with Gasteiger partial charge < -0.3 is 9.47 Å². The Morgan fingerprint density at radius 2 is 2.07 bits per heavy atom. The molecule has 2 fully saturated rings. The number of halogens is 2. The second-order valence-electron chi connectivity index (χ2n) is 7.27. The largest absolute Gasteiger partial charge is 0.490 e. The summed E-state index contributed by atoms with van der Waals surface area (Å²) in [5, 5.41) is 3.61. The molecule has 2 aromatic rings. The number of carbonyl (C=O) groups is 1. The average molecular weight is 376 g/mol. The molecule has 0 spiro atoms. The first-order valence-corrected chi connectivity index (χ1v) is 9.25. The van der Waals surface area contributed by atoms with Gasteiger partial charge in [0.25, 0.3) is 6.43 Å². The molecular formula is C20H22F2N2O3. The fourth-order valence-electron chi connectivity index (χ4n) is 3.72. The number of ether oxygens (including phenoxy) is 2. The molecule has 2 atom stereocenters. The van der Waals surface area contributed by atoms with Crippen LogP contribution in [-0.4, -0.2) is 29.0 Å². The summed E-state index contributed by atoms with van der Waals surface area (Å²) in [7, 11) is 1.48. The molecule has 5 nitrogen and oxygen atoms in total. The van der Waals surface area contributed by atoms with Crippen LogP contribution in [0.15, 0.2) is 30.5 Å². The molecule has 1 aromatic carbocycles. The van der Waals surface area contributed by atoms with E-state index in [1.807, 2.05) is 18.2 Å². The fraction of sp³-hybridized carbons (Fsp3) is 0.500. The quantitative estimate of drug-likeness (QED) is 0.514. The van der Waals surface area contributed by atoms with Gasteiger partial charge in [-0.15, -0.1) is 0 Å². The van der Waals surface area contributed by atoms with Crippen LogP contribution in [0, 0.1) is 11.8 Å². The maximum Gasteiger partial charge on any atom is 0.341 e. The van der Waals surface area contributed by atoms with Gasteiger partial charge in [0.05, 0.1) is 0 Å². The van der Waals surface area contributed by atoms with Gasteiger partial charge in [-0.3, -0.25) is 4.68 Å². The lowest BCUT2D eigenvalue weighted by atomic mass is 10.1. The SMILES string of the molecule is Cn1cc(C(=O)OCCOc2ccccc2C2CC2C2CC2)c(C(F)F)n1. The van der Waals surface area contributed by atoms with E-state index >= 15 is 0 Å². The first kappa shape index (κ1) is 17.9. The maximum absolute atomic E-state index is 12.9. The van der Waals surface area contributed by atoms with Crippen LogP contribution in [-0.2, 0) is 11.8 Å². The molecule has 2 aliphatic carbocycles. The highest BCUT2D eigenvalue weighted by molar-refractivity contribution is 5.90. The molecule has 0 aliphatic heterocycles. The summed E-state index contributed by atoms with van der Waals surface area (Å²) < 4.78 is 37.9. The number of esters is 1. The van der Waals surface area contributed by atoms with Crippen LogP contribution in [0.25, 0.3) is 0 Å². The van der Waals surface area contributed by atoms with E-state index in [4.69, 9.17) is 9.47 Å². The summed E-state index contributed by atoms with van der Waals surface area (Å²) in [6, 6.07) is 7.96. The van der Waals surface area contributed by atoms with Gasteiger partial charge in [-0.2, -0.15) is 5.10 Å². The molecule has 2 unspecified atom stereocenters. The van der Waals surface area contributed by atoms with E-state index in [0.717, 1.165) is 17.6 Å². The van der Waals surface area contributed by atoms with Crippen molar-refractivity contribution in [1.29, 1.82) is 0 Å². The molecule has 0 bridgehead atoms. The highest BCUT2D eigenvalue weighted by Gasteiger charge is 2.48. The van der Waals surface area contributed by atoms with E-state index in [1.54, 1.807) is 0 Å². The van der Waals surface area contributed by atoms with E-state index in [2.05, 4.69) is 11.2 Å². The molecule has 7 heteroatoms. The zero-order valence-electron chi connectivity index (χ0n) is 15.1. The minimum absolute atomic E-state index is 0.0124. The molecule has 144 valence electrons. The topological polar surface area (TPSA) is 53.4 Å². The van der Waals surface area contributed by atoms with Gasteiger partial charge in [0, 0.05) is 13.2 Å². The first-order chi connectivity index (χ1) is 13.0. The van der Waals surface area contributed by atoms with Crippen molar-refractivity contribution < 1.29 is 23.0 Å². The second kappa shape index (κ2) is 7.29. The van der Waals surface area contributed by atoms with Crippen LogP contribution in [0.3, 0.4) is 0 Å². The van der Waals surface area contributed by atoms with Crippen LogP contribution in [0.5, 0.6) is 5.75 Å². The van der Waals surface area contributed by atoms with E-state index in [1.165, 1.54) is 42.8 Å². The molecule has 0 radical (unpaired) electrons. The van der Waals surface area contributed by atoms with E-state index in [-0.39, 0.29) is 18.8 Å². The molecule has 4 rings (SSSR count). The zero-order valence-corrected chi connectivity index (χ0v) is 15.1.